The number of hydrogen-bond donors (Lipinski definition) is 0. The summed E-state index contributed by atoms with van der Waals surface area (Å²) < 4.78 is 34.8. The van der Waals surface area contributed by atoms with Crippen molar-refractivity contribution in [3.63, 3.8) is 0 Å². The van der Waals surface area contributed by atoms with Gasteiger partial charge in [-0.15, -0.1) is 0 Å². The van der Waals surface area contributed by atoms with Crippen LogP contribution in [0, 0.1) is 6.67 Å². The van der Waals surface area contributed by atoms with Crippen LogP contribution in [0.15, 0.2) is 0 Å². The molecule has 0 aliphatic rings. The summed E-state index contributed by atoms with van der Waals surface area (Å²) >= 11 is 0. The molecule has 0 unspecified atom stereocenters. The molecule has 0 rings (SSSR count). The van der Waals surface area contributed by atoms with Gasteiger partial charge in [-0.05, 0) is 0 Å². The third-order valence-electron chi connectivity index (χ3n) is 0.893. The molecule has 0 amide bonds. The van der Waals surface area contributed by atoms with Gasteiger partial charge in [-0.25, -0.2) is 13.2 Å². The highest BCUT2D eigenvalue weighted by atomic mass is 19.3. The average Bonchev–Trinajstić information content (AvgIpc) is 1.67. The van der Waals surface area contributed by atoms with Gasteiger partial charge in [0.2, 0.25) is 0 Å². The number of alkyl halides is 2. The van der Waals surface area contributed by atoms with Crippen LogP contribution in [0.5, 0.6) is 0 Å². The fraction of sp³-hybridized carbons (Fsp3) is 0.800. The molecule has 0 atom stereocenters. The summed E-state index contributed by atoms with van der Waals surface area (Å²) in [4.78, 5) is 0. The summed E-state index contributed by atoms with van der Waals surface area (Å²) in [5.74, 6) is -2.84. The van der Waals surface area contributed by atoms with Gasteiger partial charge in [0.05, 0.1) is 0 Å². The van der Waals surface area contributed by atoms with E-state index in [1.807, 2.05) is 0 Å². The van der Waals surface area contributed by atoms with Gasteiger partial charge in [0.15, 0.2) is 0 Å². The maximum absolute atomic E-state index is 11.9. The Morgan fingerprint density at radius 2 is 2.00 bits per heavy atom. The van der Waals surface area contributed by atoms with Crippen molar-refractivity contribution in [3.05, 3.63) is 6.67 Å². The zero-order chi connectivity index (χ0) is 6.62. The Labute approximate surface area is 46.7 Å². The predicted molar refractivity (Wildman–Crippen MR) is 25.3 cm³/mol. The second-order valence-electron chi connectivity index (χ2n) is 1.57. The minimum absolute atomic E-state index is 0.0104. The van der Waals surface area contributed by atoms with Crippen molar-refractivity contribution in [1.82, 2.24) is 0 Å². The van der Waals surface area contributed by atoms with Gasteiger partial charge in [0, 0.05) is 12.8 Å². The van der Waals surface area contributed by atoms with Gasteiger partial charge in [-0.3, -0.25) is 0 Å². The van der Waals surface area contributed by atoms with Gasteiger partial charge in [0.25, 0.3) is 5.92 Å². The first kappa shape index (κ1) is 7.79. The summed E-state index contributed by atoms with van der Waals surface area (Å²) in [6, 6.07) is 0. The van der Waals surface area contributed by atoms with Crippen LogP contribution in [0.2, 0.25) is 0 Å². The quantitative estimate of drug-likeness (QED) is 0.543. The molecule has 0 aromatic rings. The lowest BCUT2D eigenvalue weighted by atomic mass is 10.2. The van der Waals surface area contributed by atoms with E-state index >= 15 is 0 Å². The van der Waals surface area contributed by atoms with Crippen molar-refractivity contribution in [2.24, 2.45) is 0 Å². The second kappa shape index (κ2) is 2.95. The van der Waals surface area contributed by atoms with Crippen molar-refractivity contribution >= 4 is 0 Å². The molecule has 0 bridgehead atoms. The lowest BCUT2D eigenvalue weighted by Crippen LogP contribution is -2.12. The smallest absolute Gasteiger partial charge is 0.244 e. The average molecular weight is 125 g/mol. The molecule has 1 radical (unpaired) electrons. The van der Waals surface area contributed by atoms with Crippen LogP contribution < -0.4 is 0 Å². The zero-order valence-electron chi connectivity index (χ0n) is 4.63. The summed E-state index contributed by atoms with van der Waals surface area (Å²) in [7, 11) is 0. The largest absolute Gasteiger partial charge is 0.250 e. The highest BCUT2D eigenvalue weighted by Gasteiger charge is 2.25. The van der Waals surface area contributed by atoms with E-state index in [0.717, 1.165) is 0 Å². The number of rotatable bonds is 3. The molecule has 0 saturated heterocycles. The highest BCUT2D eigenvalue weighted by molar-refractivity contribution is 4.67. The Bertz CT molecular complexity index is 60.7. The molecule has 49 valence electrons. The molecule has 0 nitrogen and oxygen atoms in total. The fourth-order valence-electron chi connectivity index (χ4n) is 0.257. The molecule has 0 aliphatic heterocycles. The molecule has 3 heteroatoms. The van der Waals surface area contributed by atoms with Crippen LogP contribution in [0.1, 0.15) is 19.8 Å². The van der Waals surface area contributed by atoms with Gasteiger partial charge in [-0.1, -0.05) is 6.92 Å². The van der Waals surface area contributed by atoms with Crippen molar-refractivity contribution in [2.75, 3.05) is 0 Å². The second-order valence-corrected chi connectivity index (χ2v) is 1.57. The maximum Gasteiger partial charge on any atom is 0.250 e. The minimum Gasteiger partial charge on any atom is -0.244 e. The molecular weight excluding hydrogens is 117 g/mol. The van der Waals surface area contributed by atoms with E-state index in [-0.39, 0.29) is 13.1 Å². The summed E-state index contributed by atoms with van der Waals surface area (Å²) in [6.45, 7) is 1.31. The van der Waals surface area contributed by atoms with Crippen LogP contribution in [-0.2, 0) is 0 Å². The van der Waals surface area contributed by atoms with Crippen LogP contribution in [-0.4, -0.2) is 5.92 Å². The van der Waals surface area contributed by atoms with Crippen molar-refractivity contribution in [1.29, 1.82) is 0 Å². The van der Waals surface area contributed by atoms with Gasteiger partial charge >= 0.3 is 0 Å². The Morgan fingerprint density at radius 1 is 1.50 bits per heavy atom. The monoisotopic (exact) mass is 125 g/mol. The molecule has 0 aliphatic carbocycles. The van der Waals surface area contributed by atoms with Crippen LogP contribution >= 0.6 is 0 Å². The fourth-order valence-corrected chi connectivity index (χ4v) is 0.257. The maximum atomic E-state index is 11.9. The van der Waals surface area contributed by atoms with Crippen LogP contribution in [0.25, 0.3) is 0 Å². The molecular formula is C5H8F3. The van der Waals surface area contributed by atoms with Gasteiger partial charge in [-0.2, -0.15) is 0 Å². The summed E-state index contributed by atoms with van der Waals surface area (Å²) in [6.07, 6.45) is -1.06. The van der Waals surface area contributed by atoms with E-state index < -0.39 is 12.3 Å². The van der Waals surface area contributed by atoms with E-state index in [1.165, 1.54) is 6.92 Å². The SMILES string of the molecule is CCC(F)(F)C[CH]F. The predicted octanol–water partition coefficient (Wildman–Crippen LogP) is 2.55. The van der Waals surface area contributed by atoms with Gasteiger partial charge < -0.3 is 0 Å². The Kier molecular flexibility index (Phi) is 2.87. The first-order valence-electron chi connectivity index (χ1n) is 2.42. The molecule has 8 heavy (non-hydrogen) atoms. The van der Waals surface area contributed by atoms with E-state index in [0.29, 0.717) is 0 Å². The van der Waals surface area contributed by atoms with E-state index in [4.69, 9.17) is 0 Å². The number of halogens is 3. The highest BCUT2D eigenvalue weighted by Crippen LogP contribution is 2.23. The van der Waals surface area contributed by atoms with Crippen molar-refractivity contribution in [3.8, 4) is 0 Å². The third kappa shape index (κ3) is 2.88. The van der Waals surface area contributed by atoms with Crippen LogP contribution in [0.3, 0.4) is 0 Å². The summed E-state index contributed by atoms with van der Waals surface area (Å²) in [5, 5.41) is 0. The first-order valence-corrected chi connectivity index (χ1v) is 2.42. The molecule has 0 spiro atoms. The van der Waals surface area contributed by atoms with E-state index in [1.54, 1.807) is 0 Å². The minimum atomic E-state index is -2.84. The third-order valence-corrected chi connectivity index (χ3v) is 0.893. The zero-order valence-corrected chi connectivity index (χ0v) is 4.63. The number of hydrogen-bond acceptors (Lipinski definition) is 0. The standard InChI is InChI=1S/C5H8F3/c1-2-5(7,8)3-4-6/h4H,2-3H2,1H3. The molecule has 0 saturated carbocycles. The van der Waals surface area contributed by atoms with Gasteiger partial charge in [0.1, 0.15) is 6.67 Å². The Hall–Kier alpha value is -0.210. The van der Waals surface area contributed by atoms with E-state index in [9.17, 15) is 13.2 Å². The lowest BCUT2D eigenvalue weighted by molar-refractivity contribution is -0.00820. The van der Waals surface area contributed by atoms with Crippen molar-refractivity contribution < 1.29 is 13.2 Å². The molecule has 0 heterocycles. The topological polar surface area (TPSA) is 0 Å². The summed E-state index contributed by atoms with van der Waals surface area (Å²) in [5.41, 5.74) is 0. The Balaban J connectivity index is 3.37. The van der Waals surface area contributed by atoms with E-state index in [2.05, 4.69) is 0 Å². The lowest BCUT2D eigenvalue weighted by Gasteiger charge is -2.09. The molecule has 0 N–H and O–H groups in total. The Morgan fingerprint density at radius 3 is 2.12 bits per heavy atom. The first-order chi connectivity index (χ1) is 3.62. The molecule has 0 aromatic heterocycles. The molecule has 0 aromatic carbocycles. The van der Waals surface area contributed by atoms with Crippen molar-refractivity contribution in [2.45, 2.75) is 25.7 Å². The normalized spacial score (nSPS) is 12.0. The van der Waals surface area contributed by atoms with Crippen LogP contribution in [0.4, 0.5) is 13.2 Å². The molecule has 0 fully saturated rings.